The zero-order valence-corrected chi connectivity index (χ0v) is 12.2. The summed E-state index contributed by atoms with van der Waals surface area (Å²) in [5.41, 5.74) is 0.125. The van der Waals surface area contributed by atoms with Crippen LogP contribution in [0, 0.1) is 6.92 Å². The molecule has 0 spiro atoms. The van der Waals surface area contributed by atoms with Gasteiger partial charge in [0, 0.05) is 20.2 Å². The van der Waals surface area contributed by atoms with E-state index < -0.39 is 5.97 Å². The van der Waals surface area contributed by atoms with Crippen molar-refractivity contribution in [1.29, 1.82) is 0 Å². The number of nitrogens with zero attached hydrogens (tertiary/aromatic N) is 1. The van der Waals surface area contributed by atoms with E-state index in [-0.39, 0.29) is 24.2 Å². The fourth-order valence-electron chi connectivity index (χ4n) is 2.41. The summed E-state index contributed by atoms with van der Waals surface area (Å²) in [5, 5.41) is 11.7. The smallest absolute Gasteiger partial charge is 0.339 e. The molecule has 116 valence electrons. The summed E-state index contributed by atoms with van der Waals surface area (Å²) in [4.78, 5) is 24.6. The predicted octanol–water partition coefficient (Wildman–Crippen LogP) is 1.61. The number of hydrogen-bond donors (Lipinski definition) is 2. The van der Waals surface area contributed by atoms with Gasteiger partial charge in [-0.3, -0.25) is 0 Å². The van der Waals surface area contributed by atoms with Crippen molar-refractivity contribution in [2.24, 2.45) is 0 Å². The molecule has 2 amide bonds. The number of carbonyl (C=O) groups excluding carboxylic acids is 1. The molecular formula is C14H20N2O5. The van der Waals surface area contributed by atoms with Gasteiger partial charge in [0.15, 0.2) is 0 Å². The van der Waals surface area contributed by atoms with Crippen LogP contribution in [0.4, 0.5) is 4.79 Å². The van der Waals surface area contributed by atoms with Crippen LogP contribution in [0.1, 0.15) is 34.7 Å². The Morgan fingerprint density at radius 1 is 1.48 bits per heavy atom. The topological polar surface area (TPSA) is 92.0 Å². The van der Waals surface area contributed by atoms with Gasteiger partial charge in [-0.2, -0.15) is 0 Å². The van der Waals surface area contributed by atoms with Gasteiger partial charge < -0.3 is 24.5 Å². The Hall–Kier alpha value is -2.02. The van der Waals surface area contributed by atoms with Crippen LogP contribution in [-0.4, -0.2) is 48.3 Å². The van der Waals surface area contributed by atoms with Crippen molar-refractivity contribution in [3.05, 3.63) is 23.2 Å². The summed E-state index contributed by atoms with van der Waals surface area (Å²) in [6.07, 6.45) is 1.87. The number of nitrogens with one attached hydrogen (secondary N) is 1. The lowest BCUT2D eigenvalue weighted by Gasteiger charge is -2.31. The molecule has 2 N–H and O–H groups in total. The lowest BCUT2D eigenvalue weighted by molar-refractivity contribution is 0.0502. The quantitative estimate of drug-likeness (QED) is 0.880. The van der Waals surface area contributed by atoms with E-state index in [4.69, 9.17) is 14.3 Å². The third kappa shape index (κ3) is 3.75. The summed E-state index contributed by atoms with van der Waals surface area (Å²) in [5.74, 6) is -0.256. The van der Waals surface area contributed by atoms with Crippen LogP contribution < -0.4 is 5.32 Å². The van der Waals surface area contributed by atoms with E-state index in [2.05, 4.69) is 5.32 Å². The minimum atomic E-state index is -1.03. The van der Waals surface area contributed by atoms with Gasteiger partial charge in [0.05, 0.1) is 12.6 Å². The van der Waals surface area contributed by atoms with Gasteiger partial charge in [-0.05, 0) is 25.8 Å². The maximum Gasteiger partial charge on any atom is 0.339 e. The van der Waals surface area contributed by atoms with E-state index in [0.29, 0.717) is 24.6 Å². The van der Waals surface area contributed by atoms with Gasteiger partial charge in [0.2, 0.25) is 0 Å². The van der Waals surface area contributed by atoms with E-state index >= 15 is 0 Å². The van der Waals surface area contributed by atoms with Crippen LogP contribution in [0.15, 0.2) is 10.5 Å². The molecule has 21 heavy (non-hydrogen) atoms. The number of amides is 2. The van der Waals surface area contributed by atoms with Crippen LogP contribution in [-0.2, 0) is 11.3 Å². The predicted molar refractivity (Wildman–Crippen MR) is 74.2 cm³/mol. The number of likely N-dealkylation sites (tertiary alicyclic amines) is 1. The van der Waals surface area contributed by atoms with E-state index in [1.165, 1.54) is 6.07 Å². The number of ether oxygens (including phenoxy) is 1. The number of piperidine rings is 1. The summed E-state index contributed by atoms with van der Waals surface area (Å²) < 4.78 is 10.6. The van der Waals surface area contributed by atoms with Crippen molar-refractivity contribution in [3.63, 3.8) is 0 Å². The summed E-state index contributed by atoms with van der Waals surface area (Å²) in [7, 11) is 1.68. The van der Waals surface area contributed by atoms with Gasteiger partial charge in [-0.1, -0.05) is 0 Å². The highest BCUT2D eigenvalue weighted by molar-refractivity contribution is 5.88. The zero-order chi connectivity index (χ0) is 15.4. The molecule has 1 aliphatic rings. The van der Waals surface area contributed by atoms with E-state index in [9.17, 15) is 9.59 Å². The Balaban J connectivity index is 1.84. The monoisotopic (exact) mass is 296 g/mol. The first-order valence-electron chi connectivity index (χ1n) is 6.89. The highest BCUT2D eigenvalue weighted by atomic mass is 16.5. The summed E-state index contributed by atoms with van der Waals surface area (Å²) in [6, 6.07) is 1.27. The number of urea groups is 1. The molecule has 1 fully saturated rings. The van der Waals surface area contributed by atoms with E-state index in [0.717, 1.165) is 12.8 Å². The number of aromatic carboxylic acids is 1. The fraction of sp³-hybridized carbons (Fsp3) is 0.571. The van der Waals surface area contributed by atoms with Gasteiger partial charge in [-0.25, -0.2) is 9.59 Å². The molecule has 2 rings (SSSR count). The lowest BCUT2D eigenvalue weighted by atomic mass is 10.1. The fourth-order valence-corrected chi connectivity index (χ4v) is 2.41. The summed E-state index contributed by atoms with van der Waals surface area (Å²) in [6.45, 7) is 3.07. The highest BCUT2D eigenvalue weighted by Gasteiger charge is 2.22. The van der Waals surface area contributed by atoms with Gasteiger partial charge in [0.1, 0.15) is 17.1 Å². The number of aryl methyl sites for hydroxylation is 1. The number of carboxylic acids is 1. The Labute approximate surface area is 122 Å². The highest BCUT2D eigenvalue weighted by Crippen LogP contribution is 2.15. The van der Waals surface area contributed by atoms with Crippen molar-refractivity contribution >= 4 is 12.0 Å². The minimum absolute atomic E-state index is 0.125. The first-order valence-corrected chi connectivity index (χ1v) is 6.89. The number of carboxylic acid groups (broad SMARTS) is 1. The summed E-state index contributed by atoms with van der Waals surface area (Å²) >= 11 is 0. The van der Waals surface area contributed by atoms with Crippen LogP contribution >= 0.6 is 0 Å². The number of methoxy groups -OCH3 is 1. The Kier molecular flexibility index (Phi) is 4.85. The second kappa shape index (κ2) is 6.62. The molecule has 0 radical (unpaired) electrons. The van der Waals surface area contributed by atoms with Crippen molar-refractivity contribution in [2.75, 3.05) is 20.2 Å². The van der Waals surface area contributed by atoms with Gasteiger partial charge in [0.25, 0.3) is 0 Å². The van der Waals surface area contributed by atoms with Crippen LogP contribution in [0.3, 0.4) is 0 Å². The zero-order valence-electron chi connectivity index (χ0n) is 12.2. The third-order valence-corrected chi connectivity index (χ3v) is 3.68. The average molecular weight is 296 g/mol. The molecule has 1 aromatic heterocycles. The van der Waals surface area contributed by atoms with E-state index in [1.54, 1.807) is 18.9 Å². The van der Waals surface area contributed by atoms with Crippen molar-refractivity contribution in [1.82, 2.24) is 10.2 Å². The Morgan fingerprint density at radius 3 is 2.67 bits per heavy atom. The molecule has 0 aliphatic carbocycles. The molecule has 0 bridgehead atoms. The molecule has 2 heterocycles. The molecule has 1 aliphatic heterocycles. The van der Waals surface area contributed by atoms with Crippen molar-refractivity contribution < 1.29 is 23.8 Å². The average Bonchev–Trinajstić information content (AvgIpc) is 2.86. The SMILES string of the molecule is COC1CCN(C(=O)NCc2cc(C(=O)O)c(C)o2)CC1. The molecular weight excluding hydrogens is 276 g/mol. The molecule has 7 nitrogen and oxygen atoms in total. The maximum absolute atomic E-state index is 12.0. The van der Waals surface area contributed by atoms with Crippen LogP contribution in [0.2, 0.25) is 0 Å². The minimum Gasteiger partial charge on any atom is -0.478 e. The molecule has 7 heteroatoms. The normalized spacial score (nSPS) is 16.0. The Bertz CT molecular complexity index is 517. The molecule has 0 unspecified atom stereocenters. The third-order valence-electron chi connectivity index (χ3n) is 3.68. The maximum atomic E-state index is 12.0. The largest absolute Gasteiger partial charge is 0.478 e. The number of hydrogen-bond acceptors (Lipinski definition) is 4. The van der Waals surface area contributed by atoms with Gasteiger partial charge in [-0.15, -0.1) is 0 Å². The van der Waals surface area contributed by atoms with Crippen molar-refractivity contribution in [3.8, 4) is 0 Å². The molecule has 0 saturated carbocycles. The molecule has 1 aromatic rings. The van der Waals surface area contributed by atoms with Crippen LogP contribution in [0.5, 0.6) is 0 Å². The molecule has 1 saturated heterocycles. The lowest BCUT2D eigenvalue weighted by Crippen LogP contribution is -2.45. The number of carbonyl (C=O) groups is 2. The molecule has 0 atom stereocenters. The standard InChI is InChI=1S/C14H20N2O5/c1-9-12(13(17)18)7-11(21-9)8-15-14(19)16-5-3-10(20-2)4-6-16/h7,10H,3-6,8H2,1-2H3,(H,15,19)(H,17,18). The second-order valence-electron chi connectivity index (χ2n) is 5.07. The van der Waals surface area contributed by atoms with Crippen molar-refractivity contribution in [2.45, 2.75) is 32.4 Å². The second-order valence-corrected chi connectivity index (χ2v) is 5.07. The number of furan rings is 1. The Morgan fingerprint density at radius 2 is 2.14 bits per heavy atom. The van der Waals surface area contributed by atoms with Gasteiger partial charge >= 0.3 is 12.0 Å². The van der Waals surface area contributed by atoms with Crippen LogP contribution in [0.25, 0.3) is 0 Å². The first kappa shape index (κ1) is 15.4. The first-order chi connectivity index (χ1) is 10.0. The van der Waals surface area contributed by atoms with E-state index in [1.807, 2.05) is 0 Å². The molecule has 0 aromatic carbocycles. The number of rotatable bonds is 4.